The summed E-state index contributed by atoms with van der Waals surface area (Å²) < 4.78 is 22.0. The first-order chi connectivity index (χ1) is 11.6. The molecule has 0 saturated carbocycles. The first-order valence-electron chi connectivity index (χ1n) is 7.72. The monoisotopic (exact) mass is 339 g/mol. The fraction of sp³-hybridized carbons (Fsp3) is 0.500. The number of carboxylic acid groups (broad SMARTS) is 1. The van der Waals surface area contributed by atoms with Gasteiger partial charge in [-0.05, 0) is 12.1 Å². The maximum Gasteiger partial charge on any atom is 0.303 e. The van der Waals surface area contributed by atoms with E-state index in [1.54, 1.807) is 18.2 Å². The van der Waals surface area contributed by atoms with Crippen LogP contribution in [-0.4, -0.2) is 56.6 Å². The lowest BCUT2D eigenvalue weighted by Crippen LogP contribution is -2.16. The molecule has 0 spiro atoms. The highest BCUT2D eigenvalue weighted by atomic mass is 16.6. The van der Waals surface area contributed by atoms with E-state index in [4.69, 9.17) is 24.1 Å². The van der Waals surface area contributed by atoms with Gasteiger partial charge in [-0.3, -0.25) is 9.59 Å². The van der Waals surface area contributed by atoms with E-state index in [-0.39, 0.29) is 18.7 Å². The van der Waals surface area contributed by atoms with Crippen molar-refractivity contribution in [2.45, 2.75) is 12.8 Å². The number of aliphatic carboxylic acids is 1. The second kappa shape index (κ2) is 9.74. The lowest BCUT2D eigenvalue weighted by Gasteiger charge is -2.16. The Balaban J connectivity index is 2.00. The third-order valence-corrected chi connectivity index (χ3v) is 3.14. The molecule has 0 aromatic heterocycles. The highest BCUT2D eigenvalue weighted by Crippen LogP contribution is 2.30. The number of anilines is 1. The number of benzene rings is 1. The molecule has 1 aliphatic rings. The summed E-state index contributed by atoms with van der Waals surface area (Å²) in [5, 5.41) is 11.2. The van der Waals surface area contributed by atoms with Gasteiger partial charge >= 0.3 is 5.97 Å². The highest BCUT2D eigenvalue weighted by Gasteiger charge is 2.11. The van der Waals surface area contributed by atoms with Gasteiger partial charge in [0.1, 0.15) is 13.2 Å². The molecule has 0 saturated heterocycles. The Morgan fingerprint density at radius 1 is 0.917 bits per heavy atom. The zero-order valence-electron chi connectivity index (χ0n) is 13.3. The van der Waals surface area contributed by atoms with E-state index in [0.717, 1.165) is 0 Å². The molecule has 8 nitrogen and oxygen atoms in total. The summed E-state index contributed by atoms with van der Waals surface area (Å²) in [7, 11) is 0. The molecule has 0 bridgehead atoms. The number of hydrogen-bond donors (Lipinski definition) is 2. The largest absolute Gasteiger partial charge is 0.487 e. The van der Waals surface area contributed by atoms with Crippen LogP contribution in [0.1, 0.15) is 12.8 Å². The third kappa shape index (κ3) is 6.43. The number of carboxylic acids is 1. The number of rotatable bonds is 4. The summed E-state index contributed by atoms with van der Waals surface area (Å²) >= 11 is 0. The van der Waals surface area contributed by atoms with E-state index in [2.05, 4.69) is 5.32 Å². The van der Waals surface area contributed by atoms with E-state index in [1.807, 2.05) is 0 Å². The Hall–Kier alpha value is -2.32. The van der Waals surface area contributed by atoms with Crippen LogP contribution < -0.4 is 14.8 Å². The maximum absolute atomic E-state index is 11.7. The average molecular weight is 339 g/mol. The topological polar surface area (TPSA) is 103 Å². The molecule has 0 aliphatic carbocycles. The standard InChI is InChI=1S/C16H21NO7/c18-15(3-4-16(19)20)17-12-1-2-13-14(11-12)24-10-8-22-6-5-21-7-9-23-13/h1-2,11H,3-10H2,(H,17,18)(H,19,20). The molecular formula is C16H21NO7. The number of carbonyl (C=O) groups excluding carboxylic acids is 1. The first-order valence-corrected chi connectivity index (χ1v) is 7.72. The third-order valence-electron chi connectivity index (χ3n) is 3.14. The van der Waals surface area contributed by atoms with Crippen LogP contribution in [0.25, 0.3) is 0 Å². The summed E-state index contributed by atoms with van der Waals surface area (Å²) in [5.74, 6) is -0.359. The summed E-state index contributed by atoms with van der Waals surface area (Å²) in [6.07, 6.45) is -0.303. The van der Waals surface area contributed by atoms with Gasteiger partial charge in [-0.1, -0.05) is 0 Å². The van der Waals surface area contributed by atoms with Crippen LogP contribution in [-0.2, 0) is 19.1 Å². The number of carbonyl (C=O) groups is 2. The zero-order valence-corrected chi connectivity index (χ0v) is 13.3. The van der Waals surface area contributed by atoms with Crippen molar-refractivity contribution >= 4 is 17.6 Å². The minimum Gasteiger partial charge on any atom is -0.487 e. The molecule has 2 N–H and O–H groups in total. The number of nitrogens with one attached hydrogen (secondary N) is 1. The fourth-order valence-corrected chi connectivity index (χ4v) is 2.00. The second-order valence-corrected chi connectivity index (χ2v) is 5.03. The molecule has 0 radical (unpaired) electrons. The number of hydrogen-bond acceptors (Lipinski definition) is 6. The lowest BCUT2D eigenvalue weighted by atomic mass is 10.2. The molecule has 132 valence electrons. The van der Waals surface area contributed by atoms with Gasteiger partial charge in [0.05, 0.1) is 32.8 Å². The lowest BCUT2D eigenvalue weighted by molar-refractivity contribution is -0.138. The number of amides is 1. The second-order valence-electron chi connectivity index (χ2n) is 5.03. The summed E-state index contributed by atoms with van der Waals surface area (Å²) in [4.78, 5) is 22.2. The van der Waals surface area contributed by atoms with Crippen LogP contribution in [0, 0.1) is 0 Å². The average Bonchev–Trinajstić information content (AvgIpc) is 2.54. The first kappa shape index (κ1) is 18.0. The van der Waals surface area contributed by atoms with Crippen LogP contribution in [0.5, 0.6) is 11.5 Å². The molecule has 24 heavy (non-hydrogen) atoms. The Morgan fingerprint density at radius 3 is 2.21 bits per heavy atom. The molecule has 0 unspecified atom stereocenters. The highest BCUT2D eigenvalue weighted by molar-refractivity contribution is 5.92. The van der Waals surface area contributed by atoms with Crippen molar-refractivity contribution in [2.24, 2.45) is 0 Å². The van der Waals surface area contributed by atoms with Gasteiger partial charge < -0.3 is 29.4 Å². The minimum atomic E-state index is -1.01. The van der Waals surface area contributed by atoms with Crippen molar-refractivity contribution in [2.75, 3.05) is 45.0 Å². The molecule has 1 heterocycles. The Bertz CT molecular complexity index is 561. The molecule has 1 amide bonds. The number of ether oxygens (including phenoxy) is 4. The summed E-state index contributed by atoms with van der Waals surface area (Å²) in [5.41, 5.74) is 0.511. The van der Waals surface area contributed by atoms with E-state index in [1.165, 1.54) is 0 Å². The van der Waals surface area contributed by atoms with Crippen molar-refractivity contribution < 1.29 is 33.6 Å². The van der Waals surface area contributed by atoms with Crippen molar-refractivity contribution in [1.29, 1.82) is 0 Å². The van der Waals surface area contributed by atoms with Crippen molar-refractivity contribution in [3.8, 4) is 11.5 Å². The fourth-order valence-electron chi connectivity index (χ4n) is 2.00. The van der Waals surface area contributed by atoms with Crippen LogP contribution >= 0.6 is 0 Å². The van der Waals surface area contributed by atoms with Crippen LogP contribution in [0.15, 0.2) is 18.2 Å². The van der Waals surface area contributed by atoms with Crippen LogP contribution in [0.3, 0.4) is 0 Å². The van der Waals surface area contributed by atoms with Gasteiger partial charge in [0.15, 0.2) is 11.5 Å². The Kier molecular flexibility index (Phi) is 7.31. The predicted octanol–water partition coefficient (Wildman–Crippen LogP) is 1.29. The SMILES string of the molecule is O=C(O)CCC(=O)Nc1ccc2c(c1)OCCOCCOCCO2. The Labute approximate surface area is 139 Å². The van der Waals surface area contributed by atoms with Crippen molar-refractivity contribution in [3.63, 3.8) is 0 Å². The number of fused-ring (bicyclic) bond motifs is 1. The van der Waals surface area contributed by atoms with Gasteiger partial charge in [0.25, 0.3) is 0 Å². The van der Waals surface area contributed by atoms with Gasteiger partial charge in [-0.15, -0.1) is 0 Å². The molecule has 8 heteroatoms. The summed E-state index contributed by atoms with van der Waals surface area (Å²) in [6, 6.07) is 5.00. The smallest absolute Gasteiger partial charge is 0.303 e. The van der Waals surface area contributed by atoms with Gasteiger partial charge in [0, 0.05) is 18.2 Å². The van der Waals surface area contributed by atoms with Crippen LogP contribution in [0.2, 0.25) is 0 Å². The summed E-state index contributed by atoms with van der Waals surface area (Å²) in [6.45, 7) is 2.58. The van der Waals surface area contributed by atoms with Gasteiger partial charge in [-0.2, -0.15) is 0 Å². The molecule has 1 aromatic rings. The quantitative estimate of drug-likeness (QED) is 0.852. The Morgan fingerprint density at radius 2 is 1.54 bits per heavy atom. The van der Waals surface area contributed by atoms with Gasteiger partial charge in [-0.25, -0.2) is 0 Å². The molecular weight excluding hydrogens is 318 g/mol. The molecule has 1 aliphatic heterocycles. The predicted molar refractivity (Wildman–Crippen MR) is 84.6 cm³/mol. The van der Waals surface area contributed by atoms with E-state index >= 15 is 0 Å². The molecule has 0 fully saturated rings. The van der Waals surface area contributed by atoms with E-state index in [0.29, 0.717) is 56.8 Å². The molecule has 1 aromatic carbocycles. The van der Waals surface area contributed by atoms with Crippen LogP contribution in [0.4, 0.5) is 5.69 Å². The van der Waals surface area contributed by atoms with Crippen molar-refractivity contribution in [3.05, 3.63) is 18.2 Å². The minimum absolute atomic E-state index is 0.0883. The zero-order chi connectivity index (χ0) is 17.2. The maximum atomic E-state index is 11.7. The van der Waals surface area contributed by atoms with E-state index in [9.17, 15) is 9.59 Å². The normalized spacial score (nSPS) is 15.7. The molecule has 0 atom stereocenters. The molecule has 2 rings (SSSR count). The van der Waals surface area contributed by atoms with Crippen molar-refractivity contribution in [1.82, 2.24) is 0 Å². The van der Waals surface area contributed by atoms with Gasteiger partial charge in [0.2, 0.25) is 5.91 Å². The van der Waals surface area contributed by atoms with E-state index < -0.39 is 5.97 Å².